The summed E-state index contributed by atoms with van der Waals surface area (Å²) in [6.45, 7) is 4.69. The Morgan fingerprint density at radius 3 is 2.52 bits per heavy atom. The molecule has 1 nitrogen and oxygen atoms in total. The molecular formula is C20H30O. The van der Waals surface area contributed by atoms with E-state index in [4.69, 9.17) is 0 Å². The molecule has 1 aromatic carbocycles. The maximum atomic E-state index is 11.7. The maximum absolute atomic E-state index is 11.7. The van der Waals surface area contributed by atoms with Crippen LogP contribution in [-0.2, 0) is 11.2 Å². The van der Waals surface area contributed by atoms with Gasteiger partial charge in [-0.3, -0.25) is 4.79 Å². The highest BCUT2D eigenvalue weighted by Crippen LogP contribution is 2.41. The lowest BCUT2D eigenvalue weighted by Crippen LogP contribution is -2.32. The first-order chi connectivity index (χ1) is 10.1. The number of ketones is 1. The van der Waals surface area contributed by atoms with Crippen LogP contribution in [0.5, 0.6) is 0 Å². The molecule has 21 heavy (non-hydrogen) atoms. The van der Waals surface area contributed by atoms with E-state index in [1.165, 1.54) is 44.1 Å². The molecule has 1 heteroatoms. The molecule has 1 aromatic rings. The van der Waals surface area contributed by atoms with Crippen molar-refractivity contribution >= 4 is 5.78 Å². The van der Waals surface area contributed by atoms with Gasteiger partial charge in [0.1, 0.15) is 5.78 Å². The molecule has 0 N–H and O–H groups in total. The highest BCUT2D eigenvalue weighted by molar-refractivity contribution is 5.79. The van der Waals surface area contributed by atoms with Gasteiger partial charge < -0.3 is 0 Å². The van der Waals surface area contributed by atoms with Crippen LogP contribution in [0.15, 0.2) is 30.3 Å². The maximum Gasteiger partial charge on any atom is 0.133 e. The van der Waals surface area contributed by atoms with Crippen LogP contribution in [0.2, 0.25) is 0 Å². The van der Waals surface area contributed by atoms with Crippen molar-refractivity contribution in [2.45, 2.75) is 71.6 Å². The van der Waals surface area contributed by atoms with Gasteiger partial charge in [0.15, 0.2) is 0 Å². The summed E-state index contributed by atoms with van der Waals surface area (Å²) < 4.78 is 0. The predicted molar refractivity (Wildman–Crippen MR) is 89.4 cm³/mol. The Morgan fingerprint density at radius 1 is 1.05 bits per heavy atom. The average molecular weight is 286 g/mol. The lowest BCUT2D eigenvalue weighted by molar-refractivity contribution is -0.124. The van der Waals surface area contributed by atoms with Crippen molar-refractivity contribution in [2.75, 3.05) is 0 Å². The van der Waals surface area contributed by atoms with Gasteiger partial charge in [-0.1, -0.05) is 63.4 Å². The van der Waals surface area contributed by atoms with Crippen molar-refractivity contribution < 1.29 is 4.79 Å². The number of benzene rings is 1. The molecule has 116 valence electrons. The standard InChI is InChI=1S/C20H30O/c1-20(2)15-14-19(21)16-18(20)13-9-4-3-6-10-17-11-7-5-8-12-17/h5,7-8,11-12,18H,3-4,6,9-10,13-16H2,1-2H3/t18-/m0/s1. The van der Waals surface area contributed by atoms with Crippen LogP contribution in [0.1, 0.15) is 70.8 Å². The summed E-state index contributed by atoms with van der Waals surface area (Å²) in [6.07, 6.45) is 10.4. The van der Waals surface area contributed by atoms with E-state index in [0.29, 0.717) is 17.1 Å². The van der Waals surface area contributed by atoms with Gasteiger partial charge in [0, 0.05) is 12.8 Å². The highest BCUT2D eigenvalue weighted by Gasteiger charge is 2.34. The van der Waals surface area contributed by atoms with Crippen LogP contribution in [-0.4, -0.2) is 5.78 Å². The molecule has 0 radical (unpaired) electrons. The van der Waals surface area contributed by atoms with Crippen molar-refractivity contribution in [3.63, 3.8) is 0 Å². The topological polar surface area (TPSA) is 17.1 Å². The second-order valence-electron chi connectivity index (χ2n) is 7.37. The van der Waals surface area contributed by atoms with Crippen LogP contribution >= 0.6 is 0 Å². The molecular weight excluding hydrogens is 256 g/mol. The minimum absolute atomic E-state index is 0.373. The zero-order chi connectivity index (χ0) is 15.1. The first kappa shape index (κ1) is 16.3. The van der Waals surface area contributed by atoms with Crippen molar-refractivity contribution in [3.8, 4) is 0 Å². The van der Waals surface area contributed by atoms with E-state index in [0.717, 1.165) is 19.3 Å². The number of Topliss-reactive ketones (excluding diaryl/α,β-unsaturated/α-hetero) is 1. The van der Waals surface area contributed by atoms with Crippen LogP contribution in [0, 0.1) is 11.3 Å². The third-order valence-corrected chi connectivity index (χ3v) is 5.24. The molecule has 1 saturated carbocycles. The first-order valence-electron chi connectivity index (χ1n) is 8.63. The van der Waals surface area contributed by atoms with E-state index < -0.39 is 0 Å². The van der Waals surface area contributed by atoms with Crippen LogP contribution < -0.4 is 0 Å². The number of aryl methyl sites for hydroxylation is 1. The Balaban J connectivity index is 1.60. The zero-order valence-electron chi connectivity index (χ0n) is 13.7. The minimum atomic E-state index is 0.373. The summed E-state index contributed by atoms with van der Waals surface area (Å²) in [5.41, 5.74) is 1.83. The summed E-state index contributed by atoms with van der Waals surface area (Å²) in [7, 11) is 0. The largest absolute Gasteiger partial charge is 0.300 e. The van der Waals surface area contributed by atoms with Gasteiger partial charge >= 0.3 is 0 Å². The Kier molecular flexibility index (Phi) is 6.02. The monoisotopic (exact) mass is 286 g/mol. The SMILES string of the molecule is CC1(C)CCC(=O)C[C@@H]1CCCCCCc1ccccc1. The number of rotatable bonds is 7. The molecule has 0 aliphatic heterocycles. The third-order valence-electron chi connectivity index (χ3n) is 5.24. The predicted octanol–water partition coefficient (Wildman–Crippen LogP) is 5.58. The van der Waals surface area contributed by atoms with Gasteiger partial charge in [-0.05, 0) is 42.6 Å². The van der Waals surface area contributed by atoms with E-state index in [9.17, 15) is 4.79 Å². The van der Waals surface area contributed by atoms with Crippen LogP contribution in [0.25, 0.3) is 0 Å². The van der Waals surface area contributed by atoms with Gasteiger partial charge in [0.05, 0.1) is 0 Å². The van der Waals surface area contributed by atoms with Gasteiger partial charge in [0.2, 0.25) is 0 Å². The number of carbonyl (C=O) groups excluding carboxylic acids is 1. The summed E-state index contributed by atoms with van der Waals surface area (Å²) in [6, 6.07) is 10.8. The summed E-state index contributed by atoms with van der Waals surface area (Å²) >= 11 is 0. The van der Waals surface area contributed by atoms with Crippen LogP contribution in [0.4, 0.5) is 0 Å². The Hall–Kier alpha value is -1.11. The molecule has 0 amide bonds. The average Bonchev–Trinajstić information content (AvgIpc) is 2.47. The molecule has 2 rings (SSSR count). The third kappa shape index (κ3) is 5.30. The molecule has 1 aliphatic carbocycles. The van der Waals surface area contributed by atoms with E-state index in [1.54, 1.807) is 0 Å². The second-order valence-corrected chi connectivity index (χ2v) is 7.37. The Labute approximate surface area is 130 Å². The number of carbonyl (C=O) groups is 1. The molecule has 0 saturated heterocycles. The molecule has 0 unspecified atom stereocenters. The number of hydrogen-bond donors (Lipinski definition) is 0. The van der Waals surface area contributed by atoms with Crippen molar-refractivity contribution in [2.24, 2.45) is 11.3 Å². The fraction of sp³-hybridized carbons (Fsp3) is 0.650. The molecule has 0 spiro atoms. The summed E-state index contributed by atoms with van der Waals surface area (Å²) in [4.78, 5) is 11.7. The van der Waals surface area contributed by atoms with Gasteiger partial charge in [-0.25, -0.2) is 0 Å². The molecule has 0 aromatic heterocycles. The van der Waals surface area contributed by atoms with Crippen molar-refractivity contribution in [1.29, 1.82) is 0 Å². The van der Waals surface area contributed by atoms with Gasteiger partial charge in [-0.15, -0.1) is 0 Å². The zero-order valence-corrected chi connectivity index (χ0v) is 13.7. The van der Waals surface area contributed by atoms with Crippen molar-refractivity contribution in [3.05, 3.63) is 35.9 Å². The lowest BCUT2D eigenvalue weighted by atomic mass is 9.67. The Morgan fingerprint density at radius 2 is 1.76 bits per heavy atom. The van der Waals surface area contributed by atoms with Gasteiger partial charge in [0.25, 0.3) is 0 Å². The molecule has 0 bridgehead atoms. The van der Waals surface area contributed by atoms with Crippen molar-refractivity contribution in [1.82, 2.24) is 0 Å². The molecule has 1 atom stereocenters. The fourth-order valence-corrected chi connectivity index (χ4v) is 3.53. The normalized spacial score (nSPS) is 21.4. The van der Waals surface area contributed by atoms with E-state index in [1.807, 2.05) is 0 Å². The highest BCUT2D eigenvalue weighted by atomic mass is 16.1. The summed E-state index contributed by atoms with van der Waals surface area (Å²) in [5.74, 6) is 1.11. The Bertz CT molecular complexity index is 432. The molecule has 0 heterocycles. The summed E-state index contributed by atoms with van der Waals surface area (Å²) in [5, 5.41) is 0. The fourth-order valence-electron chi connectivity index (χ4n) is 3.53. The van der Waals surface area contributed by atoms with Gasteiger partial charge in [-0.2, -0.15) is 0 Å². The first-order valence-corrected chi connectivity index (χ1v) is 8.63. The number of hydrogen-bond acceptors (Lipinski definition) is 1. The van der Waals surface area contributed by atoms with E-state index in [2.05, 4.69) is 44.2 Å². The van der Waals surface area contributed by atoms with Crippen LogP contribution in [0.3, 0.4) is 0 Å². The van der Waals surface area contributed by atoms with E-state index in [-0.39, 0.29) is 0 Å². The molecule has 1 aliphatic rings. The lowest BCUT2D eigenvalue weighted by Gasteiger charge is -2.38. The van der Waals surface area contributed by atoms with E-state index >= 15 is 0 Å². The second kappa shape index (κ2) is 7.77. The minimum Gasteiger partial charge on any atom is -0.300 e. The smallest absolute Gasteiger partial charge is 0.133 e. The quantitative estimate of drug-likeness (QED) is 0.598. The number of unbranched alkanes of at least 4 members (excludes halogenated alkanes) is 3. The molecule has 1 fully saturated rings.